The minimum absolute atomic E-state index is 0.443. The first-order chi connectivity index (χ1) is 7.13. The van der Waals surface area contributed by atoms with Crippen molar-refractivity contribution in [2.75, 3.05) is 0 Å². The van der Waals surface area contributed by atoms with Crippen LogP contribution in [0.4, 0.5) is 0 Å². The lowest BCUT2D eigenvalue weighted by Gasteiger charge is -2.08. The summed E-state index contributed by atoms with van der Waals surface area (Å²) in [6, 6.07) is 6.27. The number of carbonyl (C=O) groups is 1. The fourth-order valence-corrected chi connectivity index (χ4v) is 2.46. The lowest BCUT2D eigenvalue weighted by molar-refractivity contribution is 0.112. The number of hydrogen-bond acceptors (Lipinski definition) is 1. The summed E-state index contributed by atoms with van der Waals surface area (Å²) in [5, 5.41) is 1.16. The van der Waals surface area contributed by atoms with Crippen LogP contribution in [0, 0.1) is 3.57 Å². The van der Waals surface area contributed by atoms with Crippen molar-refractivity contribution in [3.63, 3.8) is 0 Å². The van der Waals surface area contributed by atoms with E-state index in [0.717, 1.165) is 17.2 Å². The van der Waals surface area contributed by atoms with Crippen LogP contribution >= 0.6 is 22.6 Å². The minimum atomic E-state index is 0.443. The molecule has 2 aromatic rings. The van der Waals surface area contributed by atoms with Crippen LogP contribution in [0.1, 0.15) is 30.2 Å². The molecule has 0 unspecified atom stereocenters. The maximum Gasteiger partial charge on any atom is 0.150 e. The molecule has 2 nitrogen and oxygen atoms in total. The Balaban J connectivity index is 2.74. The van der Waals surface area contributed by atoms with Crippen LogP contribution in [0.25, 0.3) is 10.9 Å². The maximum atomic E-state index is 10.7. The summed E-state index contributed by atoms with van der Waals surface area (Å²) < 4.78 is 3.42. The van der Waals surface area contributed by atoms with Crippen LogP contribution in [0.3, 0.4) is 0 Å². The van der Waals surface area contributed by atoms with E-state index in [2.05, 4.69) is 47.2 Å². The predicted molar refractivity (Wildman–Crippen MR) is 70.4 cm³/mol. The number of benzene rings is 1. The number of hydrogen-bond donors (Lipinski definition) is 0. The monoisotopic (exact) mass is 313 g/mol. The minimum Gasteiger partial charge on any atom is -0.344 e. The Morgan fingerprint density at radius 2 is 2.13 bits per heavy atom. The van der Waals surface area contributed by atoms with Gasteiger partial charge in [0.25, 0.3) is 0 Å². The average molecular weight is 313 g/mol. The van der Waals surface area contributed by atoms with Gasteiger partial charge < -0.3 is 4.57 Å². The van der Waals surface area contributed by atoms with E-state index in [1.807, 2.05) is 18.2 Å². The van der Waals surface area contributed by atoms with Crippen LogP contribution in [-0.2, 0) is 0 Å². The molecule has 1 aromatic heterocycles. The molecule has 0 atom stereocenters. The predicted octanol–water partition coefficient (Wildman–Crippen LogP) is 3.64. The van der Waals surface area contributed by atoms with Crippen molar-refractivity contribution in [1.29, 1.82) is 0 Å². The molecule has 0 N–H and O–H groups in total. The number of carbonyl (C=O) groups excluding carboxylic acids is 1. The Morgan fingerprint density at radius 3 is 2.73 bits per heavy atom. The molecule has 15 heavy (non-hydrogen) atoms. The first-order valence-corrected chi connectivity index (χ1v) is 5.96. The molecule has 2 rings (SSSR count). The summed E-state index contributed by atoms with van der Waals surface area (Å²) in [6.45, 7) is 4.31. The van der Waals surface area contributed by atoms with Gasteiger partial charge in [-0.25, -0.2) is 0 Å². The third-order valence-corrected chi connectivity index (χ3v) is 3.36. The molecule has 1 aromatic carbocycles. The van der Waals surface area contributed by atoms with E-state index >= 15 is 0 Å². The third kappa shape index (κ3) is 1.80. The molecule has 0 radical (unpaired) electrons. The SMILES string of the molecule is CC(C)n1cc(I)c2cc(C=O)ccc21. The van der Waals surface area contributed by atoms with Crippen LogP contribution in [0.5, 0.6) is 0 Å². The van der Waals surface area contributed by atoms with Gasteiger partial charge in [0, 0.05) is 32.3 Å². The van der Waals surface area contributed by atoms with E-state index < -0.39 is 0 Å². The third-order valence-electron chi connectivity index (χ3n) is 2.50. The van der Waals surface area contributed by atoms with Crippen molar-refractivity contribution in [2.45, 2.75) is 19.9 Å². The largest absolute Gasteiger partial charge is 0.344 e. The summed E-state index contributed by atoms with van der Waals surface area (Å²) in [4.78, 5) is 10.7. The summed E-state index contributed by atoms with van der Waals surface area (Å²) in [6.07, 6.45) is 3.02. The fraction of sp³-hybridized carbons (Fsp3) is 0.250. The second kappa shape index (κ2) is 3.96. The van der Waals surface area contributed by atoms with E-state index in [4.69, 9.17) is 0 Å². The van der Waals surface area contributed by atoms with Gasteiger partial charge in [-0.05, 0) is 54.6 Å². The second-order valence-corrected chi connectivity index (χ2v) is 5.03. The molecule has 0 saturated heterocycles. The van der Waals surface area contributed by atoms with Crippen molar-refractivity contribution >= 4 is 39.8 Å². The number of aldehydes is 1. The number of aromatic nitrogens is 1. The zero-order valence-corrected chi connectivity index (χ0v) is 10.9. The zero-order chi connectivity index (χ0) is 11.0. The Morgan fingerprint density at radius 1 is 1.40 bits per heavy atom. The molecule has 0 fully saturated rings. The molecule has 0 spiro atoms. The van der Waals surface area contributed by atoms with Crippen LogP contribution in [-0.4, -0.2) is 10.9 Å². The Labute approximate surface area is 102 Å². The average Bonchev–Trinajstić information content (AvgIpc) is 2.56. The van der Waals surface area contributed by atoms with E-state index in [9.17, 15) is 4.79 Å². The van der Waals surface area contributed by atoms with Gasteiger partial charge in [-0.15, -0.1) is 0 Å². The molecule has 1 heterocycles. The second-order valence-electron chi connectivity index (χ2n) is 3.87. The Kier molecular flexibility index (Phi) is 2.82. The van der Waals surface area contributed by atoms with Gasteiger partial charge in [-0.2, -0.15) is 0 Å². The van der Waals surface area contributed by atoms with Crippen molar-refractivity contribution in [3.05, 3.63) is 33.5 Å². The van der Waals surface area contributed by atoms with Crippen molar-refractivity contribution < 1.29 is 4.79 Å². The van der Waals surface area contributed by atoms with Gasteiger partial charge >= 0.3 is 0 Å². The van der Waals surface area contributed by atoms with E-state index in [-0.39, 0.29) is 0 Å². The number of fused-ring (bicyclic) bond motifs is 1. The van der Waals surface area contributed by atoms with E-state index in [1.54, 1.807) is 0 Å². The van der Waals surface area contributed by atoms with Crippen LogP contribution < -0.4 is 0 Å². The van der Waals surface area contributed by atoms with E-state index in [1.165, 1.54) is 9.09 Å². The highest BCUT2D eigenvalue weighted by Crippen LogP contribution is 2.26. The normalized spacial score (nSPS) is 11.2. The van der Waals surface area contributed by atoms with E-state index in [0.29, 0.717) is 6.04 Å². The van der Waals surface area contributed by atoms with Gasteiger partial charge in [0.15, 0.2) is 0 Å². The molecule has 3 heteroatoms. The van der Waals surface area contributed by atoms with Gasteiger partial charge in [0.2, 0.25) is 0 Å². The summed E-state index contributed by atoms with van der Waals surface area (Å²) in [5.41, 5.74) is 1.93. The number of rotatable bonds is 2. The summed E-state index contributed by atoms with van der Waals surface area (Å²) >= 11 is 2.31. The smallest absolute Gasteiger partial charge is 0.150 e. The molecular formula is C12H12INO. The maximum absolute atomic E-state index is 10.7. The molecule has 78 valence electrons. The quantitative estimate of drug-likeness (QED) is 0.613. The molecule has 0 aliphatic heterocycles. The lowest BCUT2D eigenvalue weighted by atomic mass is 10.2. The molecule has 0 aliphatic rings. The van der Waals surface area contributed by atoms with Crippen LogP contribution in [0.15, 0.2) is 24.4 Å². The molecule has 0 amide bonds. The Hall–Kier alpha value is -0.840. The molecule has 0 saturated carbocycles. The molecular weight excluding hydrogens is 301 g/mol. The summed E-state index contributed by atoms with van der Waals surface area (Å²) in [7, 11) is 0. The molecule has 0 bridgehead atoms. The van der Waals surface area contributed by atoms with Crippen molar-refractivity contribution in [1.82, 2.24) is 4.57 Å². The fourth-order valence-electron chi connectivity index (χ4n) is 1.73. The van der Waals surface area contributed by atoms with Crippen LogP contribution in [0.2, 0.25) is 0 Å². The Bertz CT molecular complexity index is 514. The topological polar surface area (TPSA) is 22.0 Å². The molecule has 0 aliphatic carbocycles. The highest BCUT2D eigenvalue weighted by molar-refractivity contribution is 14.1. The number of nitrogens with zero attached hydrogens (tertiary/aromatic N) is 1. The lowest BCUT2D eigenvalue weighted by Crippen LogP contribution is -1.97. The highest BCUT2D eigenvalue weighted by Gasteiger charge is 2.08. The van der Waals surface area contributed by atoms with Gasteiger partial charge in [-0.1, -0.05) is 0 Å². The van der Waals surface area contributed by atoms with Gasteiger partial charge in [0.05, 0.1) is 0 Å². The number of halogens is 1. The highest BCUT2D eigenvalue weighted by atomic mass is 127. The standard InChI is InChI=1S/C12H12INO/c1-8(2)14-6-11(13)10-5-9(7-15)3-4-12(10)14/h3-8H,1-2H3. The summed E-state index contributed by atoms with van der Waals surface area (Å²) in [5.74, 6) is 0. The van der Waals surface area contributed by atoms with Crippen molar-refractivity contribution in [3.8, 4) is 0 Å². The zero-order valence-electron chi connectivity index (χ0n) is 8.70. The van der Waals surface area contributed by atoms with Gasteiger partial charge in [0.1, 0.15) is 6.29 Å². The first-order valence-electron chi connectivity index (χ1n) is 4.88. The van der Waals surface area contributed by atoms with Gasteiger partial charge in [-0.3, -0.25) is 4.79 Å². The first kappa shape index (κ1) is 10.7. The van der Waals surface area contributed by atoms with Crippen molar-refractivity contribution in [2.24, 2.45) is 0 Å².